The zero-order valence-electron chi connectivity index (χ0n) is 14.6. The van der Waals surface area contributed by atoms with Gasteiger partial charge in [0.1, 0.15) is 5.78 Å². The van der Waals surface area contributed by atoms with Gasteiger partial charge in [-0.2, -0.15) is 0 Å². The van der Waals surface area contributed by atoms with Crippen LogP contribution in [0.1, 0.15) is 59.3 Å². The van der Waals surface area contributed by atoms with E-state index < -0.39 is 0 Å². The summed E-state index contributed by atoms with van der Waals surface area (Å²) in [5.41, 5.74) is 1.63. The van der Waals surface area contributed by atoms with Gasteiger partial charge in [-0.15, -0.1) is 0 Å². The summed E-state index contributed by atoms with van der Waals surface area (Å²) in [6, 6.07) is 0. The van der Waals surface area contributed by atoms with Crippen LogP contribution in [-0.4, -0.2) is 11.6 Å². The van der Waals surface area contributed by atoms with Crippen molar-refractivity contribution in [2.75, 3.05) is 0 Å². The number of hydrogen-bond donors (Lipinski definition) is 0. The fourth-order valence-corrected chi connectivity index (χ4v) is 6.59. The fraction of sp³-hybridized carbons (Fsp3) is 0.714. The maximum Gasteiger partial charge on any atom is 0.155 e. The van der Waals surface area contributed by atoms with E-state index in [0.29, 0.717) is 35.7 Å². The summed E-state index contributed by atoms with van der Waals surface area (Å²) in [5, 5.41) is 0. The summed E-state index contributed by atoms with van der Waals surface area (Å²) in [6.07, 6.45) is 13.0. The average Bonchev–Trinajstić information content (AvgIpc) is 2.85. The molecule has 4 aliphatic rings. The van der Waals surface area contributed by atoms with Crippen molar-refractivity contribution in [3.8, 4) is 0 Å². The van der Waals surface area contributed by atoms with Gasteiger partial charge < -0.3 is 0 Å². The third-order valence-electron chi connectivity index (χ3n) is 7.89. The molecule has 0 radical (unpaired) electrons. The lowest BCUT2D eigenvalue weighted by Crippen LogP contribution is -2.48. The molecule has 23 heavy (non-hydrogen) atoms. The molecule has 4 aliphatic carbocycles. The van der Waals surface area contributed by atoms with Gasteiger partial charge in [-0.25, -0.2) is 0 Å². The Morgan fingerprint density at radius 3 is 2.70 bits per heavy atom. The second kappa shape index (κ2) is 4.91. The molecule has 124 valence electrons. The van der Waals surface area contributed by atoms with E-state index in [2.05, 4.69) is 26.0 Å². The Balaban J connectivity index is 1.74. The minimum absolute atomic E-state index is 0.0645. The Morgan fingerprint density at radius 2 is 1.96 bits per heavy atom. The summed E-state index contributed by atoms with van der Waals surface area (Å²) in [5.74, 6) is 2.77. The zero-order chi connectivity index (χ0) is 16.4. The molecule has 4 rings (SSSR count). The molecule has 0 bridgehead atoms. The molecule has 2 heteroatoms. The topological polar surface area (TPSA) is 34.1 Å². The van der Waals surface area contributed by atoms with Crippen molar-refractivity contribution in [3.63, 3.8) is 0 Å². The Bertz CT molecular complexity index is 628. The number of carbonyl (C=O) groups excluding carboxylic acids is 2. The van der Waals surface area contributed by atoms with Crippen LogP contribution in [0.15, 0.2) is 23.8 Å². The fourth-order valence-electron chi connectivity index (χ4n) is 6.59. The first-order valence-corrected chi connectivity index (χ1v) is 9.30. The quantitative estimate of drug-likeness (QED) is 0.668. The molecule has 0 aromatic carbocycles. The van der Waals surface area contributed by atoms with Gasteiger partial charge in [-0.1, -0.05) is 31.6 Å². The number of hydrogen-bond acceptors (Lipinski definition) is 2. The van der Waals surface area contributed by atoms with E-state index in [1.165, 1.54) is 18.4 Å². The highest BCUT2D eigenvalue weighted by Crippen LogP contribution is 2.64. The van der Waals surface area contributed by atoms with Gasteiger partial charge >= 0.3 is 0 Å². The van der Waals surface area contributed by atoms with Crippen molar-refractivity contribution in [2.24, 2.45) is 34.5 Å². The lowest BCUT2D eigenvalue weighted by molar-refractivity contribution is -0.124. The molecule has 0 aromatic heterocycles. The second-order valence-electron chi connectivity index (χ2n) is 8.85. The summed E-state index contributed by atoms with van der Waals surface area (Å²) in [7, 11) is 0. The molecule has 2 saturated carbocycles. The van der Waals surface area contributed by atoms with Crippen LogP contribution in [-0.2, 0) is 9.59 Å². The molecular formula is C21H28O2. The summed E-state index contributed by atoms with van der Waals surface area (Å²) >= 11 is 0. The van der Waals surface area contributed by atoms with Gasteiger partial charge in [0, 0.05) is 12.3 Å². The number of Topliss-reactive ketones (excluding diaryl/α,β-unsaturated/α-hetero) is 1. The van der Waals surface area contributed by atoms with E-state index in [9.17, 15) is 9.59 Å². The first-order chi connectivity index (χ1) is 10.9. The number of rotatable bonds is 1. The number of ketones is 2. The Labute approximate surface area is 139 Å². The lowest BCUT2D eigenvalue weighted by atomic mass is 9.49. The Kier molecular flexibility index (Phi) is 3.28. The summed E-state index contributed by atoms with van der Waals surface area (Å²) in [6.45, 7) is 6.47. The Morgan fingerprint density at radius 1 is 1.17 bits per heavy atom. The molecule has 0 saturated heterocycles. The highest BCUT2D eigenvalue weighted by Gasteiger charge is 2.57. The van der Waals surface area contributed by atoms with Crippen molar-refractivity contribution in [1.82, 2.24) is 0 Å². The van der Waals surface area contributed by atoms with Crippen molar-refractivity contribution >= 4 is 11.6 Å². The highest BCUT2D eigenvalue weighted by molar-refractivity contribution is 5.91. The third kappa shape index (κ3) is 1.99. The second-order valence-corrected chi connectivity index (χ2v) is 8.85. The lowest BCUT2D eigenvalue weighted by Gasteiger charge is -2.55. The standard InChI is InChI=1S/C21H28O2/c1-13(22)17-6-7-18-16-5-4-14-12-15(23)8-10-20(14,2)19(16)9-11-21(17,18)3/h9,11-12,16-19H,4-8,10H2,1-3H3/t16?,17?,18?,19?,20-,21+/m0/s1. The van der Waals surface area contributed by atoms with Gasteiger partial charge in [0.05, 0.1) is 0 Å². The SMILES string of the molecule is CC(=O)C1CCC2C3CCC4=CC(=O)CC[C@]4(C)C3C=C[C@]12C. The molecular weight excluding hydrogens is 284 g/mol. The monoisotopic (exact) mass is 312 g/mol. The molecule has 0 spiro atoms. The van der Waals surface area contributed by atoms with Crippen molar-refractivity contribution in [3.05, 3.63) is 23.8 Å². The van der Waals surface area contributed by atoms with Crippen LogP contribution in [0.25, 0.3) is 0 Å². The van der Waals surface area contributed by atoms with E-state index >= 15 is 0 Å². The number of carbonyl (C=O) groups is 2. The third-order valence-corrected chi connectivity index (χ3v) is 7.89. The van der Waals surface area contributed by atoms with Crippen LogP contribution in [0, 0.1) is 34.5 Å². The van der Waals surface area contributed by atoms with E-state index in [1.807, 2.05) is 6.08 Å². The molecule has 4 unspecified atom stereocenters. The first kappa shape index (κ1) is 15.4. The molecule has 6 atom stereocenters. The maximum absolute atomic E-state index is 12.1. The minimum Gasteiger partial charge on any atom is -0.300 e. The first-order valence-electron chi connectivity index (χ1n) is 9.30. The summed E-state index contributed by atoms with van der Waals surface area (Å²) < 4.78 is 0. The van der Waals surface area contributed by atoms with Crippen LogP contribution >= 0.6 is 0 Å². The number of allylic oxidation sites excluding steroid dienone is 4. The van der Waals surface area contributed by atoms with Crippen molar-refractivity contribution < 1.29 is 9.59 Å². The predicted octanol–water partition coefficient (Wildman–Crippen LogP) is 4.50. The minimum atomic E-state index is 0.0645. The highest BCUT2D eigenvalue weighted by atomic mass is 16.1. The van der Waals surface area contributed by atoms with E-state index in [1.54, 1.807) is 6.92 Å². The van der Waals surface area contributed by atoms with Crippen LogP contribution in [0.2, 0.25) is 0 Å². The zero-order valence-corrected chi connectivity index (χ0v) is 14.6. The van der Waals surface area contributed by atoms with Crippen molar-refractivity contribution in [2.45, 2.75) is 59.3 Å². The normalized spacial score (nSPS) is 48.3. The van der Waals surface area contributed by atoms with Gasteiger partial charge in [0.15, 0.2) is 5.78 Å². The van der Waals surface area contributed by atoms with Crippen LogP contribution in [0.3, 0.4) is 0 Å². The smallest absolute Gasteiger partial charge is 0.155 e. The van der Waals surface area contributed by atoms with E-state index in [-0.39, 0.29) is 16.7 Å². The molecule has 2 nitrogen and oxygen atoms in total. The van der Waals surface area contributed by atoms with E-state index in [4.69, 9.17) is 0 Å². The largest absolute Gasteiger partial charge is 0.300 e. The molecule has 0 amide bonds. The molecule has 0 N–H and O–H groups in total. The predicted molar refractivity (Wildman–Crippen MR) is 90.8 cm³/mol. The van der Waals surface area contributed by atoms with Crippen LogP contribution in [0.5, 0.6) is 0 Å². The van der Waals surface area contributed by atoms with Crippen molar-refractivity contribution in [1.29, 1.82) is 0 Å². The molecule has 0 aromatic rings. The maximum atomic E-state index is 12.1. The van der Waals surface area contributed by atoms with E-state index in [0.717, 1.165) is 19.3 Å². The van der Waals surface area contributed by atoms with Crippen LogP contribution < -0.4 is 0 Å². The van der Waals surface area contributed by atoms with Crippen LogP contribution in [0.4, 0.5) is 0 Å². The Hall–Kier alpha value is -1.18. The van der Waals surface area contributed by atoms with Gasteiger partial charge in [-0.3, -0.25) is 9.59 Å². The molecule has 0 aliphatic heterocycles. The van der Waals surface area contributed by atoms with Gasteiger partial charge in [0.25, 0.3) is 0 Å². The molecule has 0 heterocycles. The number of fused-ring (bicyclic) bond motifs is 5. The van der Waals surface area contributed by atoms with Gasteiger partial charge in [-0.05, 0) is 73.7 Å². The molecule has 2 fully saturated rings. The summed E-state index contributed by atoms with van der Waals surface area (Å²) in [4.78, 5) is 24.0. The average molecular weight is 312 g/mol. The van der Waals surface area contributed by atoms with Gasteiger partial charge in [0.2, 0.25) is 0 Å².